The van der Waals surface area contributed by atoms with Crippen LogP contribution in [0.5, 0.6) is 0 Å². The number of anilines is 1. The molecule has 0 bridgehead atoms. The van der Waals surface area contributed by atoms with E-state index in [0.717, 1.165) is 11.1 Å². The molecular weight excluding hydrogens is 502 g/mol. The molecule has 10 heteroatoms. The highest BCUT2D eigenvalue weighted by Crippen LogP contribution is 2.37. The lowest BCUT2D eigenvalue weighted by Crippen LogP contribution is -2.29. The van der Waals surface area contributed by atoms with Crippen LogP contribution in [0.3, 0.4) is 0 Å². The van der Waals surface area contributed by atoms with Crippen LogP contribution in [0, 0.1) is 10.1 Å². The molecule has 0 saturated carbocycles. The van der Waals surface area contributed by atoms with Crippen molar-refractivity contribution in [2.24, 2.45) is 0 Å². The molecule has 0 amide bonds. The number of nitrogens with one attached hydrogen (secondary N) is 1. The van der Waals surface area contributed by atoms with Gasteiger partial charge in [-0.15, -0.1) is 5.10 Å². The molecule has 4 aromatic rings. The van der Waals surface area contributed by atoms with Crippen LogP contribution < -0.4 is 5.32 Å². The maximum absolute atomic E-state index is 12.9. The summed E-state index contributed by atoms with van der Waals surface area (Å²) < 4.78 is 6.96. The fourth-order valence-corrected chi connectivity index (χ4v) is 5.11. The van der Waals surface area contributed by atoms with Gasteiger partial charge in [-0.3, -0.25) is 10.1 Å². The molecule has 38 heavy (non-hydrogen) atoms. The van der Waals surface area contributed by atoms with Gasteiger partial charge in [0.25, 0.3) is 5.69 Å². The number of nitro groups is 1. The van der Waals surface area contributed by atoms with Crippen LogP contribution in [-0.2, 0) is 15.3 Å². The third kappa shape index (κ3) is 5.16. The highest BCUT2D eigenvalue weighted by atomic mass is 32.2. The lowest BCUT2D eigenvalue weighted by Gasteiger charge is -2.28. The Morgan fingerprint density at radius 3 is 2.39 bits per heavy atom. The second-order valence-corrected chi connectivity index (χ2v) is 9.59. The quantitative estimate of drug-likeness (QED) is 0.129. The zero-order valence-corrected chi connectivity index (χ0v) is 21.6. The van der Waals surface area contributed by atoms with Gasteiger partial charge in [0.1, 0.15) is 6.04 Å². The van der Waals surface area contributed by atoms with E-state index in [9.17, 15) is 14.9 Å². The topological polar surface area (TPSA) is 112 Å². The molecule has 9 nitrogen and oxygen atoms in total. The van der Waals surface area contributed by atoms with Crippen molar-refractivity contribution in [1.82, 2.24) is 14.8 Å². The molecule has 0 radical (unpaired) electrons. The van der Waals surface area contributed by atoms with Crippen molar-refractivity contribution in [2.45, 2.75) is 30.8 Å². The molecular formula is C28H25N5O4S. The van der Waals surface area contributed by atoms with Gasteiger partial charge in [-0.05, 0) is 48.2 Å². The molecule has 1 atom stereocenters. The summed E-state index contributed by atoms with van der Waals surface area (Å²) in [7, 11) is 0. The van der Waals surface area contributed by atoms with Crippen molar-refractivity contribution in [2.75, 3.05) is 11.9 Å². The van der Waals surface area contributed by atoms with Gasteiger partial charge >= 0.3 is 5.97 Å². The summed E-state index contributed by atoms with van der Waals surface area (Å²) in [5, 5.41) is 19.6. The summed E-state index contributed by atoms with van der Waals surface area (Å²) in [6.07, 6.45) is 0. The van der Waals surface area contributed by atoms with E-state index in [1.807, 2.05) is 18.2 Å². The fourth-order valence-electron chi connectivity index (χ4n) is 4.32. The van der Waals surface area contributed by atoms with Crippen LogP contribution >= 0.6 is 11.8 Å². The SMILES string of the molecule is CCOC(=O)C1=C(C)Nc2nc(SCc3ccc(-c4ccccc4)cc3)nn2[C@H]1c1ccc([N+](=O)[O-])cc1. The number of carbonyl (C=O) groups is 1. The van der Waals surface area contributed by atoms with Crippen LogP contribution in [0.2, 0.25) is 0 Å². The number of non-ortho nitro benzene ring substituents is 1. The van der Waals surface area contributed by atoms with Crippen molar-refractivity contribution < 1.29 is 14.5 Å². The van der Waals surface area contributed by atoms with Crippen LogP contribution in [-0.4, -0.2) is 32.3 Å². The monoisotopic (exact) mass is 527 g/mol. The van der Waals surface area contributed by atoms with Crippen LogP contribution in [0.1, 0.15) is 31.0 Å². The normalized spacial score (nSPS) is 14.5. The number of ether oxygens (including phenoxy) is 1. The first-order valence-electron chi connectivity index (χ1n) is 12.1. The average Bonchev–Trinajstić information content (AvgIpc) is 3.34. The number of benzene rings is 3. The summed E-state index contributed by atoms with van der Waals surface area (Å²) in [4.78, 5) is 28.3. The Morgan fingerprint density at radius 2 is 1.74 bits per heavy atom. The first-order valence-corrected chi connectivity index (χ1v) is 13.1. The van der Waals surface area contributed by atoms with Gasteiger partial charge in [0.2, 0.25) is 11.1 Å². The zero-order valence-electron chi connectivity index (χ0n) is 20.8. The third-order valence-electron chi connectivity index (χ3n) is 6.18. The maximum atomic E-state index is 12.9. The van der Waals surface area contributed by atoms with Crippen LogP contribution in [0.4, 0.5) is 11.6 Å². The van der Waals surface area contributed by atoms with Crippen molar-refractivity contribution in [3.8, 4) is 11.1 Å². The second-order valence-electron chi connectivity index (χ2n) is 8.65. The van der Waals surface area contributed by atoms with E-state index in [1.54, 1.807) is 30.7 Å². The lowest BCUT2D eigenvalue weighted by atomic mass is 9.95. The Balaban J connectivity index is 1.40. The van der Waals surface area contributed by atoms with E-state index in [2.05, 4.69) is 46.7 Å². The number of carbonyl (C=O) groups excluding carboxylic acids is 1. The molecule has 1 aliphatic rings. The van der Waals surface area contributed by atoms with Crippen molar-refractivity contribution in [1.29, 1.82) is 0 Å². The Morgan fingerprint density at radius 1 is 1.05 bits per heavy atom. The Labute approximate surface area is 223 Å². The number of fused-ring (bicyclic) bond motifs is 1. The summed E-state index contributed by atoms with van der Waals surface area (Å²) in [6.45, 7) is 3.74. The molecule has 5 rings (SSSR count). The van der Waals surface area contributed by atoms with Crippen molar-refractivity contribution >= 4 is 29.4 Å². The Hall–Kier alpha value is -4.44. The number of hydrogen-bond acceptors (Lipinski definition) is 8. The zero-order chi connectivity index (χ0) is 26.6. The molecule has 0 spiro atoms. The fraction of sp³-hybridized carbons (Fsp3) is 0.179. The largest absolute Gasteiger partial charge is 0.463 e. The van der Waals surface area contributed by atoms with Gasteiger partial charge in [0.05, 0.1) is 17.1 Å². The van der Waals surface area contributed by atoms with Gasteiger partial charge in [-0.25, -0.2) is 9.48 Å². The summed E-state index contributed by atoms with van der Waals surface area (Å²) in [5.41, 5.74) is 5.06. The van der Waals surface area contributed by atoms with E-state index in [1.165, 1.54) is 29.5 Å². The van der Waals surface area contributed by atoms with Gasteiger partial charge in [-0.2, -0.15) is 4.98 Å². The number of allylic oxidation sites excluding steroid dienone is 1. The molecule has 2 heterocycles. The van der Waals surface area contributed by atoms with Gasteiger partial charge in [-0.1, -0.05) is 66.4 Å². The number of nitrogens with zero attached hydrogens (tertiary/aromatic N) is 4. The number of aromatic nitrogens is 3. The Bertz CT molecular complexity index is 1500. The minimum atomic E-state index is -0.641. The van der Waals surface area contributed by atoms with E-state index in [0.29, 0.717) is 33.7 Å². The lowest BCUT2D eigenvalue weighted by molar-refractivity contribution is -0.384. The minimum absolute atomic E-state index is 0.0330. The number of hydrogen-bond donors (Lipinski definition) is 1. The highest BCUT2D eigenvalue weighted by Gasteiger charge is 2.35. The Kier molecular flexibility index (Phi) is 7.23. The van der Waals surface area contributed by atoms with E-state index < -0.39 is 16.9 Å². The first-order chi connectivity index (χ1) is 18.4. The molecule has 0 saturated heterocycles. The third-order valence-corrected chi connectivity index (χ3v) is 7.09. The van der Waals surface area contributed by atoms with Crippen molar-refractivity contribution in [3.63, 3.8) is 0 Å². The summed E-state index contributed by atoms with van der Waals surface area (Å²) >= 11 is 1.49. The summed E-state index contributed by atoms with van der Waals surface area (Å²) in [6, 6.07) is 24.0. The minimum Gasteiger partial charge on any atom is -0.463 e. The molecule has 0 unspecified atom stereocenters. The predicted molar refractivity (Wildman–Crippen MR) is 146 cm³/mol. The molecule has 1 N–H and O–H groups in total. The van der Waals surface area contributed by atoms with Crippen LogP contribution in [0.25, 0.3) is 11.1 Å². The van der Waals surface area contributed by atoms with Gasteiger partial charge in [0.15, 0.2) is 0 Å². The standard InChI is InChI=1S/C28H25N5O4S/c1-3-37-26(34)24-18(2)29-27-30-28(31-32(27)25(24)22-13-15-23(16-14-22)33(35)36)38-17-19-9-11-21(12-10-19)20-7-5-4-6-8-20/h4-16,25H,3,17H2,1-2H3,(H,29,30,31)/t25-/m0/s1. The maximum Gasteiger partial charge on any atom is 0.338 e. The molecule has 0 fully saturated rings. The smallest absolute Gasteiger partial charge is 0.338 e. The molecule has 0 aliphatic carbocycles. The summed E-state index contributed by atoms with van der Waals surface area (Å²) in [5.74, 6) is 0.674. The van der Waals surface area contributed by atoms with Gasteiger partial charge < -0.3 is 10.1 Å². The number of nitro benzene ring substituents is 1. The second kappa shape index (κ2) is 10.9. The molecule has 1 aromatic heterocycles. The van der Waals surface area contributed by atoms with Crippen LogP contribution in [0.15, 0.2) is 95.3 Å². The molecule has 3 aromatic carbocycles. The van der Waals surface area contributed by atoms with E-state index >= 15 is 0 Å². The molecule has 1 aliphatic heterocycles. The average molecular weight is 528 g/mol. The van der Waals surface area contributed by atoms with Crippen molar-refractivity contribution in [3.05, 3.63) is 111 Å². The number of rotatable bonds is 8. The number of esters is 1. The van der Waals surface area contributed by atoms with E-state index in [-0.39, 0.29) is 12.3 Å². The predicted octanol–water partition coefficient (Wildman–Crippen LogP) is 6.00. The van der Waals surface area contributed by atoms with Gasteiger partial charge in [0, 0.05) is 23.6 Å². The number of thioether (sulfide) groups is 1. The highest BCUT2D eigenvalue weighted by molar-refractivity contribution is 7.98. The van der Waals surface area contributed by atoms with E-state index in [4.69, 9.17) is 9.84 Å². The first kappa shape index (κ1) is 25.2. The molecule has 192 valence electrons.